The number of hydrogen-bond donors (Lipinski definition) is 1. The van der Waals surface area contributed by atoms with Gasteiger partial charge in [0, 0.05) is 51.7 Å². The highest BCUT2D eigenvalue weighted by Crippen LogP contribution is 2.19. The minimum Gasteiger partial charge on any atom is -0.355 e. The average Bonchev–Trinajstić information content (AvgIpc) is 2.50. The largest absolute Gasteiger partial charge is 0.355 e. The number of amides is 1. The zero-order chi connectivity index (χ0) is 15.9. The van der Waals surface area contributed by atoms with Crippen LogP contribution in [0, 0.1) is 5.92 Å². The summed E-state index contributed by atoms with van der Waals surface area (Å²) in [7, 11) is 2.16. The lowest BCUT2D eigenvalue weighted by Gasteiger charge is -2.36. The monoisotopic (exact) mass is 310 g/mol. The third-order valence-electron chi connectivity index (χ3n) is 5.20. The third-order valence-corrected chi connectivity index (χ3v) is 5.20. The molecule has 2 heterocycles. The molecule has 128 valence electrons. The second kappa shape index (κ2) is 8.85. The van der Waals surface area contributed by atoms with E-state index in [0.29, 0.717) is 12.0 Å². The van der Waals surface area contributed by atoms with E-state index in [2.05, 4.69) is 40.9 Å². The zero-order valence-corrected chi connectivity index (χ0v) is 14.7. The number of piperazine rings is 1. The fourth-order valence-corrected chi connectivity index (χ4v) is 3.46. The number of nitrogens with one attached hydrogen (secondary N) is 1. The second-order valence-corrected chi connectivity index (χ2v) is 7.27. The van der Waals surface area contributed by atoms with Gasteiger partial charge in [0.15, 0.2) is 0 Å². The van der Waals surface area contributed by atoms with Crippen molar-refractivity contribution in [1.82, 2.24) is 20.0 Å². The van der Waals surface area contributed by atoms with Gasteiger partial charge >= 0.3 is 0 Å². The van der Waals surface area contributed by atoms with Crippen molar-refractivity contribution in [3.8, 4) is 0 Å². The van der Waals surface area contributed by atoms with E-state index in [9.17, 15) is 4.79 Å². The predicted octanol–water partition coefficient (Wildman–Crippen LogP) is 0.861. The number of rotatable bonds is 6. The van der Waals surface area contributed by atoms with E-state index in [1.165, 1.54) is 12.8 Å². The SMILES string of the molecule is CC(C)N1CCN(CCNC(=O)CC2CCN(C)CC2)CC1. The van der Waals surface area contributed by atoms with Gasteiger partial charge < -0.3 is 10.2 Å². The normalized spacial score (nSPS) is 23.1. The standard InChI is InChI=1S/C17H34N4O/c1-15(2)21-12-10-20(11-13-21)9-6-18-17(22)14-16-4-7-19(3)8-5-16/h15-16H,4-14H2,1-3H3,(H,18,22). The van der Waals surface area contributed by atoms with Crippen LogP contribution >= 0.6 is 0 Å². The van der Waals surface area contributed by atoms with Gasteiger partial charge in [0.2, 0.25) is 5.91 Å². The van der Waals surface area contributed by atoms with Crippen LogP contribution in [0.3, 0.4) is 0 Å². The number of carbonyl (C=O) groups excluding carboxylic acids is 1. The Morgan fingerprint density at radius 3 is 2.32 bits per heavy atom. The first-order valence-electron chi connectivity index (χ1n) is 8.96. The molecular formula is C17H34N4O. The first-order valence-corrected chi connectivity index (χ1v) is 8.96. The van der Waals surface area contributed by atoms with E-state index in [0.717, 1.165) is 58.8 Å². The lowest BCUT2D eigenvalue weighted by Crippen LogP contribution is -2.50. The summed E-state index contributed by atoms with van der Waals surface area (Å²) in [5.41, 5.74) is 0. The van der Waals surface area contributed by atoms with E-state index in [-0.39, 0.29) is 5.91 Å². The minimum absolute atomic E-state index is 0.246. The smallest absolute Gasteiger partial charge is 0.220 e. The summed E-state index contributed by atoms with van der Waals surface area (Å²) in [6, 6.07) is 0.649. The molecule has 0 saturated carbocycles. The van der Waals surface area contributed by atoms with Crippen molar-refractivity contribution in [2.24, 2.45) is 5.92 Å². The Morgan fingerprint density at radius 2 is 1.73 bits per heavy atom. The summed E-state index contributed by atoms with van der Waals surface area (Å²) in [4.78, 5) is 19.4. The van der Waals surface area contributed by atoms with Crippen molar-refractivity contribution in [3.05, 3.63) is 0 Å². The van der Waals surface area contributed by atoms with Crippen LogP contribution in [0.4, 0.5) is 0 Å². The van der Waals surface area contributed by atoms with Crippen molar-refractivity contribution < 1.29 is 4.79 Å². The highest BCUT2D eigenvalue weighted by atomic mass is 16.1. The van der Waals surface area contributed by atoms with Gasteiger partial charge in [0.1, 0.15) is 0 Å². The maximum atomic E-state index is 12.0. The Balaban J connectivity index is 1.54. The van der Waals surface area contributed by atoms with Crippen LogP contribution in [-0.2, 0) is 4.79 Å². The molecule has 2 aliphatic heterocycles. The molecule has 0 aromatic rings. The van der Waals surface area contributed by atoms with E-state index in [1.807, 2.05) is 0 Å². The highest BCUT2D eigenvalue weighted by Gasteiger charge is 2.20. The summed E-state index contributed by atoms with van der Waals surface area (Å²) in [5, 5.41) is 3.11. The van der Waals surface area contributed by atoms with Crippen LogP contribution in [0.25, 0.3) is 0 Å². The third kappa shape index (κ3) is 5.86. The number of piperidine rings is 1. The van der Waals surface area contributed by atoms with E-state index < -0.39 is 0 Å². The van der Waals surface area contributed by atoms with Gasteiger partial charge in [0.25, 0.3) is 0 Å². The van der Waals surface area contributed by atoms with Gasteiger partial charge in [-0.05, 0) is 52.7 Å². The van der Waals surface area contributed by atoms with Gasteiger partial charge in [0.05, 0.1) is 0 Å². The highest BCUT2D eigenvalue weighted by molar-refractivity contribution is 5.76. The van der Waals surface area contributed by atoms with Crippen molar-refractivity contribution in [2.45, 2.75) is 39.2 Å². The van der Waals surface area contributed by atoms with Crippen molar-refractivity contribution in [1.29, 1.82) is 0 Å². The molecule has 0 unspecified atom stereocenters. The number of hydrogen-bond acceptors (Lipinski definition) is 4. The van der Waals surface area contributed by atoms with Crippen LogP contribution in [0.15, 0.2) is 0 Å². The predicted molar refractivity (Wildman–Crippen MR) is 91.0 cm³/mol. The summed E-state index contributed by atoms with van der Waals surface area (Å²) in [6.45, 7) is 13.2. The fourth-order valence-electron chi connectivity index (χ4n) is 3.46. The minimum atomic E-state index is 0.246. The van der Waals surface area contributed by atoms with Crippen molar-refractivity contribution in [3.63, 3.8) is 0 Å². The molecule has 1 amide bonds. The quantitative estimate of drug-likeness (QED) is 0.790. The molecule has 2 rings (SSSR count). The van der Waals surface area contributed by atoms with Gasteiger partial charge in [-0.2, -0.15) is 0 Å². The molecule has 0 aliphatic carbocycles. The van der Waals surface area contributed by atoms with E-state index in [4.69, 9.17) is 0 Å². The maximum absolute atomic E-state index is 12.0. The summed E-state index contributed by atoms with van der Waals surface area (Å²) >= 11 is 0. The Kier molecular flexibility index (Phi) is 7.12. The maximum Gasteiger partial charge on any atom is 0.220 e. The van der Waals surface area contributed by atoms with E-state index in [1.54, 1.807) is 0 Å². The average molecular weight is 310 g/mol. The first-order chi connectivity index (χ1) is 10.5. The number of nitrogens with zero attached hydrogens (tertiary/aromatic N) is 3. The molecule has 5 heteroatoms. The molecule has 22 heavy (non-hydrogen) atoms. The van der Waals surface area contributed by atoms with Gasteiger partial charge in [-0.15, -0.1) is 0 Å². The Morgan fingerprint density at radius 1 is 1.09 bits per heavy atom. The number of likely N-dealkylation sites (tertiary alicyclic amines) is 1. The molecule has 2 aliphatic rings. The molecule has 0 aromatic carbocycles. The van der Waals surface area contributed by atoms with Gasteiger partial charge in [-0.3, -0.25) is 14.6 Å². The summed E-state index contributed by atoms with van der Waals surface area (Å²) < 4.78 is 0. The van der Waals surface area contributed by atoms with Crippen molar-refractivity contribution in [2.75, 3.05) is 59.4 Å². The van der Waals surface area contributed by atoms with E-state index >= 15 is 0 Å². The molecule has 2 fully saturated rings. The van der Waals surface area contributed by atoms with Crippen molar-refractivity contribution >= 4 is 5.91 Å². The molecule has 0 atom stereocenters. The van der Waals surface area contributed by atoms with Crippen LogP contribution in [0.5, 0.6) is 0 Å². The summed E-state index contributed by atoms with van der Waals surface area (Å²) in [5.74, 6) is 0.834. The molecule has 2 saturated heterocycles. The Bertz CT molecular complexity index is 332. The lowest BCUT2D eigenvalue weighted by atomic mass is 9.93. The molecule has 5 nitrogen and oxygen atoms in total. The van der Waals surface area contributed by atoms with Crippen LogP contribution in [-0.4, -0.2) is 86.1 Å². The Hall–Kier alpha value is -0.650. The molecular weight excluding hydrogens is 276 g/mol. The van der Waals surface area contributed by atoms with Crippen LogP contribution in [0.1, 0.15) is 33.1 Å². The molecule has 0 bridgehead atoms. The number of carbonyl (C=O) groups is 1. The summed E-state index contributed by atoms with van der Waals surface area (Å²) in [6.07, 6.45) is 3.05. The van der Waals surface area contributed by atoms with Gasteiger partial charge in [-0.25, -0.2) is 0 Å². The second-order valence-electron chi connectivity index (χ2n) is 7.27. The zero-order valence-electron chi connectivity index (χ0n) is 14.7. The lowest BCUT2D eigenvalue weighted by molar-refractivity contribution is -0.122. The molecule has 0 aromatic heterocycles. The topological polar surface area (TPSA) is 38.8 Å². The Labute approximate surface area is 136 Å². The van der Waals surface area contributed by atoms with Crippen LogP contribution < -0.4 is 5.32 Å². The van der Waals surface area contributed by atoms with Crippen LogP contribution in [0.2, 0.25) is 0 Å². The molecule has 0 radical (unpaired) electrons. The molecule has 1 N–H and O–H groups in total. The molecule has 0 spiro atoms. The first kappa shape index (κ1) is 17.7. The van der Waals surface area contributed by atoms with Gasteiger partial charge in [-0.1, -0.05) is 0 Å². The fraction of sp³-hybridized carbons (Fsp3) is 0.941.